The van der Waals surface area contributed by atoms with Crippen molar-refractivity contribution in [2.45, 2.75) is 38.6 Å². The van der Waals surface area contributed by atoms with E-state index in [1.54, 1.807) is 0 Å². The molecular weight excluding hydrogens is 270 g/mol. The van der Waals surface area contributed by atoms with E-state index in [1.807, 2.05) is 24.4 Å². The Bertz CT molecular complexity index is 601. The molecule has 1 aromatic heterocycles. The number of anilines is 1. The van der Waals surface area contributed by atoms with Crippen molar-refractivity contribution in [1.82, 2.24) is 4.98 Å². The minimum Gasteiger partial charge on any atom is -0.357 e. The summed E-state index contributed by atoms with van der Waals surface area (Å²) in [6.45, 7) is 4.38. The second-order valence-electron chi connectivity index (χ2n) is 6.19. The van der Waals surface area contributed by atoms with E-state index in [0.717, 1.165) is 30.0 Å². The van der Waals surface area contributed by atoms with Gasteiger partial charge in [0.15, 0.2) is 0 Å². The first kappa shape index (κ1) is 15.0. The molecule has 1 atom stereocenters. The minimum atomic E-state index is -0.105. The van der Waals surface area contributed by atoms with Crippen molar-refractivity contribution in [2.24, 2.45) is 5.73 Å². The summed E-state index contributed by atoms with van der Waals surface area (Å²) in [7, 11) is 0. The Labute approximate surface area is 133 Å². The zero-order valence-corrected chi connectivity index (χ0v) is 13.3. The van der Waals surface area contributed by atoms with E-state index in [1.165, 1.54) is 31.2 Å². The predicted octanol–water partition coefficient (Wildman–Crippen LogP) is 3.82. The lowest BCUT2D eigenvalue weighted by atomic mass is 9.97. The molecule has 0 unspecified atom stereocenters. The summed E-state index contributed by atoms with van der Waals surface area (Å²) in [5.74, 6) is 1.10. The number of benzene rings is 1. The largest absolute Gasteiger partial charge is 0.357 e. The Balaban J connectivity index is 1.82. The molecule has 3 nitrogen and oxygen atoms in total. The van der Waals surface area contributed by atoms with Crippen LogP contribution in [-0.4, -0.2) is 18.1 Å². The van der Waals surface area contributed by atoms with Gasteiger partial charge < -0.3 is 10.6 Å². The summed E-state index contributed by atoms with van der Waals surface area (Å²) in [5.41, 5.74) is 9.89. The Kier molecular flexibility index (Phi) is 4.74. The van der Waals surface area contributed by atoms with Crippen molar-refractivity contribution in [2.75, 3.05) is 18.0 Å². The van der Waals surface area contributed by atoms with Gasteiger partial charge in [-0.2, -0.15) is 0 Å². The molecule has 116 valence electrons. The first-order valence-electron chi connectivity index (χ1n) is 8.28. The predicted molar refractivity (Wildman–Crippen MR) is 92.1 cm³/mol. The number of aromatic nitrogens is 1. The van der Waals surface area contributed by atoms with Crippen LogP contribution >= 0.6 is 0 Å². The van der Waals surface area contributed by atoms with Gasteiger partial charge >= 0.3 is 0 Å². The molecule has 1 aromatic carbocycles. The highest BCUT2D eigenvalue weighted by Gasteiger charge is 2.15. The van der Waals surface area contributed by atoms with Gasteiger partial charge in [0, 0.05) is 19.3 Å². The van der Waals surface area contributed by atoms with E-state index >= 15 is 0 Å². The third-order valence-electron chi connectivity index (χ3n) is 4.56. The number of rotatable bonds is 3. The van der Waals surface area contributed by atoms with E-state index in [2.05, 4.69) is 30.0 Å². The molecule has 0 aliphatic carbocycles. The van der Waals surface area contributed by atoms with E-state index < -0.39 is 0 Å². The normalized spacial score (nSPS) is 17.1. The minimum absolute atomic E-state index is 0.105. The third kappa shape index (κ3) is 3.30. The zero-order valence-electron chi connectivity index (χ0n) is 13.3. The summed E-state index contributed by atoms with van der Waals surface area (Å²) in [5, 5.41) is 0. The SMILES string of the molecule is Cc1cc(N2CCCCCC2)ncc1[C@@H](N)c1ccccc1. The molecule has 1 aliphatic heterocycles. The van der Waals surface area contributed by atoms with E-state index in [-0.39, 0.29) is 6.04 Å². The molecule has 1 fully saturated rings. The third-order valence-corrected chi connectivity index (χ3v) is 4.56. The van der Waals surface area contributed by atoms with Gasteiger partial charge in [-0.3, -0.25) is 0 Å². The van der Waals surface area contributed by atoms with E-state index in [9.17, 15) is 0 Å². The summed E-state index contributed by atoms with van der Waals surface area (Å²) < 4.78 is 0. The average molecular weight is 295 g/mol. The van der Waals surface area contributed by atoms with E-state index in [0.29, 0.717) is 0 Å². The first-order valence-corrected chi connectivity index (χ1v) is 8.28. The quantitative estimate of drug-likeness (QED) is 0.936. The maximum atomic E-state index is 6.42. The fourth-order valence-electron chi connectivity index (χ4n) is 3.19. The standard InChI is InChI=1S/C19H25N3/c1-15-13-18(22-11-7-2-3-8-12-22)21-14-17(15)19(20)16-9-5-4-6-10-16/h4-6,9-10,13-14,19H,2-3,7-8,11-12,20H2,1H3/t19-/m0/s1. The zero-order chi connectivity index (χ0) is 15.4. The lowest BCUT2D eigenvalue weighted by Crippen LogP contribution is -2.25. The Morgan fingerprint density at radius 3 is 2.36 bits per heavy atom. The van der Waals surface area contributed by atoms with Gasteiger partial charge in [0.25, 0.3) is 0 Å². The van der Waals surface area contributed by atoms with Crippen molar-refractivity contribution in [1.29, 1.82) is 0 Å². The molecular formula is C19H25N3. The molecule has 3 heteroatoms. The molecule has 1 saturated heterocycles. The van der Waals surface area contributed by atoms with Crippen LogP contribution in [0.5, 0.6) is 0 Å². The summed E-state index contributed by atoms with van der Waals surface area (Å²) >= 11 is 0. The molecule has 3 rings (SSSR count). The monoisotopic (exact) mass is 295 g/mol. The molecule has 2 N–H and O–H groups in total. The van der Waals surface area contributed by atoms with E-state index in [4.69, 9.17) is 10.7 Å². The number of nitrogens with two attached hydrogens (primary N) is 1. The number of pyridine rings is 1. The van der Waals surface area contributed by atoms with Crippen LogP contribution < -0.4 is 10.6 Å². The van der Waals surface area contributed by atoms with Crippen molar-refractivity contribution in [3.8, 4) is 0 Å². The smallest absolute Gasteiger partial charge is 0.128 e. The average Bonchev–Trinajstić information content (AvgIpc) is 2.84. The molecule has 0 amide bonds. The van der Waals surface area contributed by atoms with Crippen LogP contribution in [0.3, 0.4) is 0 Å². The summed E-state index contributed by atoms with van der Waals surface area (Å²) in [4.78, 5) is 7.11. The fourth-order valence-corrected chi connectivity index (χ4v) is 3.19. The molecule has 0 saturated carbocycles. The van der Waals surface area contributed by atoms with Gasteiger partial charge in [-0.1, -0.05) is 43.2 Å². The Morgan fingerprint density at radius 2 is 1.73 bits per heavy atom. The maximum Gasteiger partial charge on any atom is 0.128 e. The van der Waals surface area contributed by atoms with Crippen LogP contribution in [0.25, 0.3) is 0 Å². The van der Waals surface area contributed by atoms with Crippen LogP contribution in [0.4, 0.5) is 5.82 Å². The highest BCUT2D eigenvalue weighted by molar-refractivity contribution is 5.46. The number of hydrogen-bond acceptors (Lipinski definition) is 3. The molecule has 2 aromatic rings. The van der Waals surface area contributed by atoms with Crippen LogP contribution in [-0.2, 0) is 0 Å². The summed E-state index contributed by atoms with van der Waals surface area (Å²) in [6, 6.07) is 12.3. The van der Waals surface area contributed by atoms with Gasteiger partial charge in [0.05, 0.1) is 6.04 Å². The van der Waals surface area contributed by atoms with Crippen molar-refractivity contribution in [3.05, 3.63) is 59.3 Å². The topological polar surface area (TPSA) is 42.2 Å². The van der Waals surface area contributed by atoms with Crippen LogP contribution in [0.15, 0.2) is 42.6 Å². The molecule has 2 heterocycles. The number of aryl methyl sites for hydroxylation is 1. The lowest BCUT2D eigenvalue weighted by Gasteiger charge is -2.23. The van der Waals surface area contributed by atoms with Crippen molar-refractivity contribution < 1.29 is 0 Å². The lowest BCUT2D eigenvalue weighted by molar-refractivity contribution is 0.726. The second kappa shape index (κ2) is 6.93. The molecule has 0 bridgehead atoms. The number of nitrogens with zero attached hydrogens (tertiary/aromatic N) is 2. The van der Waals surface area contributed by atoms with Gasteiger partial charge in [-0.15, -0.1) is 0 Å². The van der Waals surface area contributed by atoms with Gasteiger partial charge in [0.1, 0.15) is 5.82 Å². The van der Waals surface area contributed by atoms with Gasteiger partial charge in [-0.25, -0.2) is 4.98 Å². The molecule has 1 aliphatic rings. The molecule has 22 heavy (non-hydrogen) atoms. The summed E-state index contributed by atoms with van der Waals surface area (Å²) in [6.07, 6.45) is 7.18. The van der Waals surface area contributed by atoms with Gasteiger partial charge in [-0.05, 0) is 42.5 Å². The van der Waals surface area contributed by atoms with Crippen LogP contribution in [0.1, 0.15) is 48.4 Å². The highest BCUT2D eigenvalue weighted by Crippen LogP contribution is 2.25. The Hall–Kier alpha value is -1.87. The number of hydrogen-bond donors (Lipinski definition) is 1. The highest BCUT2D eigenvalue weighted by atomic mass is 15.2. The van der Waals surface area contributed by atoms with Gasteiger partial charge in [0.2, 0.25) is 0 Å². The van der Waals surface area contributed by atoms with Crippen LogP contribution in [0.2, 0.25) is 0 Å². The first-order chi connectivity index (χ1) is 10.8. The molecule has 0 radical (unpaired) electrons. The van der Waals surface area contributed by atoms with Crippen molar-refractivity contribution >= 4 is 5.82 Å². The van der Waals surface area contributed by atoms with Crippen LogP contribution in [0, 0.1) is 6.92 Å². The Morgan fingerprint density at radius 1 is 1.05 bits per heavy atom. The van der Waals surface area contributed by atoms with Crippen molar-refractivity contribution in [3.63, 3.8) is 0 Å². The second-order valence-corrected chi connectivity index (χ2v) is 6.19. The fraction of sp³-hybridized carbons (Fsp3) is 0.421. The molecule has 0 spiro atoms. The maximum absolute atomic E-state index is 6.42.